The molecule has 0 aliphatic carbocycles. The Morgan fingerprint density at radius 2 is 2.33 bits per heavy atom. The van der Waals surface area contributed by atoms with Gasteiger partial charge in [0, 0.05) is 47.1 Å². The van der Waals surface area contributed by atoms with Gasteiger partial charge >= 0.3 is 0 Å². The molecule has 0 unspecified atom stereocenters. The van der Waals surface area contributed by atoms with E-state index in [2.05, 4.69) is 16.9 Å². The molecule has 2 aromatic heterocycles. The van der Waals surface area contributed by atoms with E-state index in [1.165, 1.54) is 6.07 Å². The summed E-state index contributed by atoms with van der Waals surface area (Å²) >= 11 is 1.60. The van der Waals surface area contributed by atoms with E-state index in [0.29, 0.717) is 19.5 Å². The third kappa shape index (κ3) is 2.71. The third-order valence-corrected chi connectivity index (χ3v) is 5.57. The average molecular weight is 343 g/mol. The van der Waals surface area contributed by atoms with Gasteiger partial charge in [-0.05, 0) is 24.6 Å². The fourth-order valence-corrected chi connectivity index (χ4v) is 4.00. The van der Waals surface area contributed by atoms with Crippen molar-refractivity contribution in [1.29, 1.82) is 0 Å². The number of benzene rings is 1. The van der Waals surface area contributed by atoms with Crippen LogP contribution in [0.1, 0.15) is 28.9 Å². The Morgan fingerprint density at radius 1 is 1.46 bits per heavy atom. The molecular weight excluding hydrogens is 325 g/mol. The number of nitrogens with one attached hydrogen (secondary N) is 1. The Hall–Kier alpha value is -2.21. The lowest BCUT2D eigenvalue weighted by atomic mass is 10.0. The van der Waals surface area contributed by atoms with E-state index in [0.717, 1.165) is 45.7 Å². The first-order valence-electron chi connectivity index (χ1n) is 8.14. The maximum absolute atomic E-state index is 13.6. The molecule has 1 amide bonds. The van der Waals surface area contributed by atoms with E-state index >= 15 is 0 Å². The van der Waals surface area contributed by atoms with Crippen LogP contribution in [0.4, 0.5) is 4.39 Å². The maximum atomic E-state index is 13.6. The number of aryl methyl sites for hydroxylation is 1. The molecule has 6 heteroatoms. The summed E-state index contributed by atoms with van der Waals surface area (Å²) in [7, 11) is 0. The van der Waals surface area contributed by atoms with Crippen LogP contribution >= 0.6 is 11.3 Å². The van der Waals surface area contributed by atoms with E-state index in [9.17, 15) is 9.18 Å². The number of rotatable bonds is 3. The number of nitrogens with zero attached hydrogens (tertiary/aromatic N) is 2. The Kier molecular flexibility index (Phi) is 3.84. The Labute approximate surface area is 143 Å². The lowest BCUT2D eigenvalue weighted by Crippen LogP contribution is -2.36. The molecule has 4 rings (SSSR count). The number of hydrogen-bond donors (Lipinski definition) is 1. The first kappa shape index (κ1) is 15.3. The molecule has 124 valence electrons. The molecule has 1 aliphatic heterocycles. The van der Waals surface area contributed by atoms with Crippen molar-refractivity contribution in [2.24, 2.45) is 0 Å². The van der Waals surface area contributed by atoms with Crippen molar-refractivity contribution in [3.8, 4) is 0 Å². The van der Waals surface area contributed by atoms with Crippen LogP contribution in [0.25, 0.3) is 10.9 Å². The molecule has 1 aliphatic rings. The fourth-order valence-electron chi connectivity index (χ4n) is 3.26. The molecule has 4 nitrogen and oxygen atoms in total. The molecular formula is C18H18FN3OS. The second-order valence-electron chi connectivity index (χ2n) is 6.10. The largest absolute Gasteiger partial charge is 0.358 e. The zero-order valence-electron chi connectivity index (χ0n) is 13.4. The summed E-state index contributed by atoms with van der Waals surface area (Å²) in [6.45, 7) is 3.28. The van der Waals surface area contributed by atoms with Crippen LogP contribution in [0.15, 0.2) is 23.6 Å². The number of amides is 1. The number of fused-ring (bicyclic) bond motifs is 3. The average Bonchev–Trinajstić information content (AvgIpc) is 3.18. The van der Waals surface area contributed by atoms with Gasteiger partial charge < -0.3 is 9.88 Å². The summed E-state index contributed by atoms with van der Waals surface area (Å²) in [5, 5.41) is 3.91. The number of carbonyl (C=O) groups excluding carboxylic acids is 1. The Balaban J connectivity index is 1.55. The van der Waals surface area contributed by atoms with Crippen LogP contribution in [0.2, 0.25) is 0 Å². The van der Waals surface area contributed by atoms with E-state index in [1.807, 2.05) is 10.3 Å². The summed E-state index contributed by atoms with van der Waals surface area (Å²) in [4.78, 5) is 22.3. The third-order valence-electron chi connectivity index (χ3n) is 4.52. The van der Waals surface area contributed by atoms with Crippen LogP contribution < -0.4 is 0 Å². The topological polar surface area (TPSA) is 49.0 Å². The molecule has 0 radical (unpaired) electrons. The standard InChI is InChI=1S/C18H18FN3OS/c1-2-17-20-12(10-24-17)8-18(23)22-6-5-16-14(9-22)13-7-11(19)3-4-15(13)21-16/h3-4,7,10,21H,2,5-6,8-9H2,1H3. The molecule has 0 saturated heterocycles. The number of H-pyrrole nitrogens is 1. The van der Waals surface area contributed by atoms with Gasteiger partial charge in [0.1, 0.15) is 5.82 Å². The summed E-state index contributed by atoms with van der Waals surface area (Å²) < 4.78 is 13.6. The second-order valence-corrected chi connectivity index (χ2v) is 7.04. The number of aromatic nitrogens is 2. The molecule has 0 saturated carbocycles. The minimum atomic E-state index is -0.248. The van der Waals surface area contributed by atoms with E-state index < -0.39 is 0 Å². The maximum Gasteiger partial charge on any atom is 0.228 e. The van der Waals surface area contributed by atoms with E-state index in [1.54, 1.807) is 23.5 Å². The van der Waals surface area contributed by atoms with E-state index in [-0.39, 0.29) is 11.7 Å². The SMILES string of the molecule is CCc1nc(CC(=O)N2CCc3[nH]c4ccc(F)cc4c3C2)cs1. The molecule has 0 fully saturated rings. The first-order valence-corrected chi connectivity index (χ1v) is 9.02. The van der Waals surface area contributed by atoms with Crippen molar-refractivity contribution >= 4 is 28.1 Å². The lowest BCUT2D eigenvalue weighted by molar-refractivity contribution is -0.131. The summed E-state index contributed by atoms with van der Waals surface area (Å²) in [5.74, 6) is -0.165. The van der Waals surface area contributed by atoms with Crippen LogP contribution in [0.5, 0.6) is 0 Å². The fraction of sp³-hybridized carbons (Fsp3) is 0.333. The summed E-state index contributed by atoms with van der Waals surface area (Å²) in [5.41, 5.74) is 3.93. The molecule has 0 bridgehead atoms. The predicted octanol–water partition coefficient (Wildman–Crippen LogP) is 3.45. The highest BCUT2D eigenvalue weighted by atomic mass is 32.1. The van der Waals surface area contributed by atoms with Crippen molar-refractivity contribution in [2.75, 3.05) is 6.54 Å². The van der Waals surface area contributed by atoms with Crippen molar-refractivity contribution in [1.82, 2.24) is 14.9 Å². The van der Waals surface area contributed by atoms with Crippen LogP contribution in [-0.4, -0.2) is 27.3 Å². The van der Waals surface area contributed by atoms with Crippen LogP contribution in [-0.2, 0) is 30.6 Å². The molecule has 1 N–H and O–H groups in total. The number of hydrogen-bond acceptors (Lipinski definition) is 3. The molecule has 24 heavy (non-hydrogen) atoms. The van der Waals surface area contributed by atoms with Gasteiger partial charge in [0.05, 0.1) is 17.1 Å². The predicted molar refractivity (Wildman–Crippen MR) is 92.6 cm³/mol. The van der Waals surface area contributed by atoms with Crippen LogP contribution in [0, 0.1) is 5.82 Å². The van der Waals surface area contributed by atoms with Gasteiger partial charge in [-0.3, -0.25) is 4.79 Å². The normalized spacial score (nSPS) is 14.2. The van der Waals surface area contributed by atoms with Gasteiger partial charge in [-0.2, -0.15) is 0 Å². The number of aromatic amines is 1. The van der Waals surface area contributed by atoms with Crippen molar-refractivity contribution in [3.63, 3.8) is 0 Å². The summed E-state index contributed by atoms with van der Waals surface area (Å²) in [6.07, 6.45) is 2.00. The van der Waals surface area contributed by atoms with Gasteiger partial charge in [-0.1, -0.05) is 6.92 Å². The molecule has 1 aromatic carbocycles. The van der Waals surface area contributed by atoms with Gasteiger partial charge in [0.2, 0.25) is 5.91 Å². The zero-order valence-corrected chi connectivity index (χ0v) is 14.3. The lowest BCUT2D eigenvalue weighted by Gasteiger charge is -2.27. The second kappa shape index (κ2) is 6.02. The number of thiazole rings is 1. The molecule has 0 spiro atoms. The van der Waals surface area contributed by atoms with Crippen molar-refractivity contribution < 1.29 is 9.18 Å². The highest BCUT2D eigenvalue weighted by molar-refractivity contribution is 7.09. The highest BCUT2D eigenvalue weighted by Crippen LogP contribution is 2.28. The number of carbonyl (C=O) groups is 1. The Morgan fingerprint density at radius 3 is 3.12 bits per heavy atom. The smallest absolute Gasteiger partial charge is 0.228 e. The van der Waals surface area contributed by atoms with E-state index in [4.69, 9.17) is 0 Å². The Bertz CT molecular complexity index is 914. The van der Waals surface area contributed by atoms with Crippen LogP contribution in [0.3, 0.4) is 0 Å². The summed E-state index contributed by atoms with van der Waals surface area (Å²) in [6, 6.07) is 4.77. The number of halogens is 1. The van der Waals surface area contributed by atoms with Gasteiger partial charge in [0.25, 0.3) is 0 Å². The molecule has 3 aromatic rings. The van der Waals surface area contributed by atoms with Gasteiger partial charge in [0.15, 0.2) is 0 Å². The monoisotopic (exact) mass is 343 g/mol. The van der Waals surface area contributed by atoms with Gasteiger partial charge in [-0.25, -0.2) is 9.37 Å². The molecule has 0 atom stereocenters. The minimum Gasteiger partial charge on any atom is -0.358 e. The molecule has 3 heterocycles. The van der Waals surface area contributed by atoms with Gasteiger partial charge in [-0.15, -0.1) is 11.3 Å². The first-order chi connectivity index (χ1) is 11.6. The minimum absolute atomic E-state index is 0.0827. The van der Waals surface area contributed by atoms with Crippen molar-refractivity contribution in [2.45, 2.75) is 32.7 Å². The quantitative estimate of drug-likeness (QED) is 0.792. The highest BCUT2D eigenvalue weighted by Gasteiger charge is 2.24. The van der Waals surface area contributed by atoms with Crippen molar-refractivity contribution in [3.05, 3.63) is 51.4 Å². The zero-order chi connectivity index (χ0) is 16.7.